The summed E-state index contributed by atoms with van der Waals surface area (Å²) in [4.78, 5) is -0.798. The Hall–Kier alpha value is -7.59. The van der Waals surface area contributed by atoms with Crippen LogP contribution in [0.2, 0.25) is 0 Å². The zero-order valence-corrected chi connectivity index (χ0v) is 36.4. The first-order valence-electron chi connectivity index (χ1n) is 21.2. The van der Waals surface area contributed by atoms with E-state index in [4.69, 9.17) is 0 Å². The van der Waals surface area contributed by atoms with E-state index in [1.54, 1.807) is 48.5 Å². The van der Waals surface area contributed by atoms with Crippen LogP contribution in [-0.2, 0) is 12.8 Å². The highest BCUT2D eigenvalue weighted by Crippen LogP contribution is 2.31. The lowest BCUT2D eigenvalue weighted by molar-refractivity contribution is -0.632. The van der Waals surface area contributed by atoms with Crippen molar-refractivity contribution in [2.24, 2.45) is 0 Å². The average molecular weight is 1050 g/mol. The van der Waals surface area contributed by atoms with Crippen molar-refractivity contribution in [1.29, 1.82) is 0 Å². The number of quaternary nitrogens is 2. The molecule has 2 aliphatic rings. The van der Waals surface area contributed by atoms with Crippen molar-refractivity contribution in [2.75, 3.05) is 0 Å². The van der Waals surface area contributed by atoms with Gasteiger partial charge in [0, 0.05) is 35.1 Å². The van der Waals surface area contributed by atoms with E-state index in [2.05, 4.69) is 0 Å². The first kappa shape index (κ1) is 51.3. The maximum atomic E-state index is 15.1. The van der Waals surface area contributed by atoms with Gasteiger partial charge in [-0.1, -0.05) is 94.6 Å². The molecule has 10 rings (SSSR count). The molecule has 2 aliphatic heterocycles. The van der Waals surface area contributed by atoms with E-state index < -0.39 is 162 Å². The third-order valence-corrected chi connectivity index (χ3v) is 12.7. The molecule has 0 amide bonds. The number of rotatable bonds is 6. The lowest BCUT2D eigenvalue weighted by Crippen LogP contribution is -3.14. The Morgan fingerprint density at radius 3 is 0.541 bits per heavy atom. The van der Waals surface area contributed by atoms with Crippen LogP contribution in [0.25, 0.3) is 0 Å². The standard InChI is InChI=1S/2C25H11BF10N/c2*27-16-14(17(28)21(32)24(35)20(16)31)26(15-18(29)22(33)25(36)23(34)19(15)30)37-12-7-3-1-5-10(12)9-11-6-2-4-8-13(11)37/h2*1-8,37H,9H2. The highest BCUT2D eigenvalue weighted by molar-refractivity contribution is 6.80. The fourth-order valence-electron chi connectivity index (χ4n) is 9.44. The number of para-hydroxylation sites is 4. The van der Waals surface area contributed by atoms with Gasteiger partial charge in [-0.25, -0.2) is 87.8 Å². The maximum Gasteiger partial charge on any atom is 0.215 e. The molecule has 8 aromatic carbocycles. The van der Waals surface area contributed by atoms with Gasteiger partial charge in [0.1, 0.15) is 46.5 Å². The summed E-state index contributed by atoms with van der Waals surface area (Å²) in [6, 6.07) is 23.6. The smallest absolute Gasteiger partial charge is 0.215 e. The Morgan fingerprint density at radius 1 is 0.216 bits per heavy atom. The van der Waals surface area contributed by atoms with Crippen molar-refractivity contribution >= 4 is 58.3 Å². The van der Waals surface area contributed by atoms with Gasteiger partial charge < -0.3 is 9.62 Å². The minimum Gasteiger partial charge on any atom is -0.471 e. The number of hydrogen-bond acceptors (Lipinski definition) is 0. The Labute approximate surface area is 403 Å². The van der Waals surface area contributed by atoms with E-state index in [1.165, 1.54) is 48.5 Å². The van der Waals surface area contributed by atoms with Crippen molar-refractivity contribution in [1.82, 2.24) is 0 Å². The van der Waals surface area contributed by atoms with Crippen molar-refractivity contribution in [3.63, 3.8) is 0 Å². The molecule has 0 unspecified atom stereocenters. The zero-order chi connectivity index (χ0) is 53.5. The van der Waals surface area contributed by atoms with Gasteiger partial charge in [0.2, 0.25) is 13.7 Å². The van der Waals surface area contributed by atoms with Crippen molar-refractivity contribution in [3.8, 4) is 0 Å². The molecule has 0 saturated heterocycles. The molecule has 0 saturated carbocycles. The summed E-state index contributed by atoms with van der Waals surface area (Å²) in [5.41, 5.74) is -5.08. The van der Waals surface area contributed by atoms with E-state index in [1.807, 2.05) is 0 Å². The predicted octanol–water partition coefficient (Wildman–Crippen LogP) is 9.27. The summed E-state index contributed by atoms with van der Waals surface area (Å²) < 4.78 is 291. The summed E-state index contributed by atoms with van der Waals surface area (Å²) in [7, 11) is 0. The molecule has 0 aliphatic carbocycles. The molecule has 2 nitrogen and oxygen atoms in total. The first-order chi connectivity index (χ1) is 35.1. The van der Waals surface area contributed by atoms with Crippen LogP contribution in [0.5, 0.6) is 0 Å². The number of halogens is 20. The molecule has 0 aromatic heterocycles. The Morgan fingerprint density at radius 2 is 0.365 bits per heavy atom. The monoisotopic (exact) mass is 1050 g/mol. The molecule has 8 aromatic rings. The molecule has 2 N–H and O–H groups in total. The molecule has 2 heterocycles. The second-order valence-corrected chi connectivity index (χ2v) is 16.6. The second-order valence-electron chi connectivity index (χ2n) is 16.6. The molecule has 0 spiro atoms. The predicted molar refractivity (Wildman–Crippen MR) is 227 cm³/mol. The molecule has 378 valence electrons. The number of fused-ring (bicyclic) bond motifs is 4. The summed E-state index contributed by atoms with van der Waals surface area (Å²) in [6.45, 7) is -5.26. The Bertz CT molecular complexity index is 3070. The normalized spacial score (nSPS) is 13.2. The fourth-order valence-corrected chi connectivity index (χ4v) is 9.44. The highest BCUT2D eigenvalue weighted by atomic mass is 19.2. The van der Waals surface area contributed by atoms with Crippen LogP contribution in [0.4, 0.5) is 111 Å². The van der Waals surface area contributed by atoms with Crippen LogP contribution in [0.3, 0.4) is 0 Å². The molecular weight excluding hydrogens is 1030 g/mol. The summed E-state index contributed by atoms with van der Waals surface area (Å²) >= 11 is 0. The number of benzene rings is 8. The van der Waals surface area contributed by atoms with Gasteiger partial charge in [0.25, 0.3) is 0 Å². The van der Waals surface area contributed by atoms with E-state index in [0.717, 1.165) is 0 Å². The maximum absolute atomic E-state index is 15.1. The lowest BCUT2D eigenvalue weighted by atomic mass is 9.47. The van der Waals surface area contributed by atoms with E-state index in [0.29, 0.717) is 22.3 Å². The largest absolute Gasteiger partial charge is 0.471 e. The topological polar surface area (TPSA) is 8.88 Å². The Balaban J connectivity index is 0.000000182. The first-order valence-corrected chi connectivity index (χ1v) is 21.2. The van der Waals surface area contributed by atoms with E-state index in [-0.39, 0.29) is 35.6 Å². The fraction of sp³-hybridized carbons (Fsp3) is 0.0400. The quantitative estimate of drug-likeness (QED) is 0.0712. The third kappa shape index (κ3) is 7.96. The van der Waals surface area contributed by atoms with Gasteiger partial charge in [-0.15, -0.1) is 0 Å². The zero-order valence-electron chi connectivity index (χ0n) is 36.4. The summed E-state index contributed by atoms with van der Waals surface area (Å²) in [5.74, 6) is -49.5. The molecular formula is C50H22B2F20N2. The average Bonchev–Trinajstić information content (AvgIpc) is 3.41. The third-order valence-electron chi connectivity index (χ3n) is 12.7. The van der Waals surface area contributed by atoms with Gasteiger partial charge in [0.15, 0.2) is 69.8 Å². The SMILES string of the molecule is Fc1c(F)c(F)c([B-](c2c(F)c(F)c(F)c(F)c2F)[NH+]2c3ccccc3Cc3ccccc32)c(F)c1F.Fc1c(F)c(F)c([B-](c2c(F)c(F)c(F)c(F)c2F)[NH+]2c3ccccc3Cc3ccccc32)c(F)c1F. The van der Waals surface area contributed by atoms with Crippen molar-refractivity contribution < 1.29 is 97.4 Å². The van der Waals surface area contributed by atoms with Gasteiger partial charge >= 0.3 is 0 Å². The van der Waals surface area contributed by atoms with Crippen LogP contribution >= 0.6 is 0 Å². The molecule has 0 fully saturated rings. The van der Waals surface area contributed by atoms with Crippen molar-refractivity contribution in [3.05, 3.63) is 236 Å². The molecule has 24 heteroatoms. The molecule has 2 radical (unpaired) electrons. The lowest BCUT2D eigenvalue weighted by Gasteiger charge is -2.42. The number of nitrogens with one attached hydrogen (secondary N) is 2. The van der Waals surface area contributed by atoms with Gasteiger partial charge in [-0.3, -0.25) is 0 Å². The Kier molecular flexibility index (Phi) is 13.4. The minimum atomic E-state index is -2.63. The molecule has 0 bridgehead atoms. The van der Waals surface area contributed by atoms with Gasteiger partial charge in [0.05, 0.1) is 22.7 Å². The van der Waals surface area contributed by atoms with E-state index >= 15 is 35.1 Å². The summed E-state index contributed by atoms with van der Waals surface area (Å²) in [5, 5.41) is 0. The van der Waals surface area contributed by atoms with Crippen LogP contribution in [0.1, 0.15) is 22.3 Å². The number of hydrogen-bond donors (Lipinski definition) is 2. The molecule has 74 heavy (non-hydrogen) atoms. The van der Waals surface area contributed by atoms with Crippen LogP contribution in [-0.4, -0.2) is 13.7 Å². The molecule has 0 atom stereocenters. The summed E-state index contributed by atoms with van der Waals surface area (Å²) in [6.07, 6.45) is 0.410. The van der Waals surface area contributed by atoms with Crippen LogP contribution in [0.15, 0.2) is 97.1 Å². The van der Waals surface area contributed by atoms with Crippen LogP contribution < -0.4 is 31.5 Å². The minimum absolute atomic E-state index is 0.0686. The van der Waals surface area contributed by atoms with Gasteiger partial charge in [-0.2, -0.15) is 0 Å². The van der Waals surface area contributed by atoms with E-state index in [9.17, 15) is 52.7 Å². The van der Waals surface area contributed by atoms with Crippen molar-refractivity contribution in [2.45, 2.75) is 12.8 Å². The second kappa shape index (κ2) is 19.4. The highest BCUT2D eigenvalue weighted by Gasteiger charge is 2.43. The van der Waals surface area contributed by atoms with Crippen LogP contribution in [0, 0.1) is 116 Å². The van der Waals surface area contributed by atoms with Gasteiger partial charge in [-0.05, 0) is 24.3 Å².